The molecule has 0 aliphatic heterocycles. The average Bonchev–Trinajstić information content (AvgIpc) is 2.25. The van der Waals surface area contributed by atoms with Gasteiger partial charge in [0.25, 0.3) is 0 Å². The van der Waals surface area contributed by atoms with Crippen molar-refractivity contribution in [2.24, 2.45) is 0 Å². The van der Waals surface area contributed by atoms with Crippen LogP contribution in [0.3, 0.4) is 0 Å². The third kappa shape index (κ3) is 4.49. The number of ether oxygens (including phenoxy) is 1. The molecule has 0 spiro atoms. The second-order valence-electron chi connectivity index (χ2n) is 6.36. The Morgan fingerprint density at radius 1 is 1.30 bits per heavy atom. The van der Waals surface area contributed by atoms with Crippen LogP contribution in [0.4, 0.5) is 14.9 Å². The number of aliphatic hydroxyl groups is 1. The lowest BCUT2D eigenvalue weighted by Crippen LogP contribution is -2.27. The number of rotatable bonds is 3. The monoisotopic (exact) mass is 283 g/mol. The van der Waals surface area contributed by atoms with Crippen LogP contribution in [-0.4, -0.2) is 23.4 Å². The summed E-state index contributed by atoms with van der Waals surface area (Å²) in [5.41, 5.74) is -0.570. The van der Waals surface area contributed by atoms with Crippen LogP contribution in [0.25, 0.3) is 0 Å². The molecule has 112 valence electrons. The molecular weight excluding hydrogens is 261 g/mol. The number of anilines is 1. The van der Waals surface area contributed by atoms with E-state index in [9.17, 15) is 14.3 Å². The van der Waals surface area contributed by atoms with Gasteiger partial charge in [0.05, 0.1) is 6.61 Å². The van der Waals surface area contributed by atoms with Crippen molar-refractivity contribution in [1.29, 1.82) is 0 Å². The predicted molar refractivity (Wildman–Crippen MR) is 76.4 cm³/mol. The molecule has 0 saturated carbocycles. The number of carbonyl (C=O) groups is 1. The molecule has 1 aromatic carbocycles. The van der Waals surface area contributed by atoms with Gasteiger partial charge in [-0.25, -0.2) is 9.18 Å². The summed E-state index contributed by atoms with van der Waals surface area (Å²) < 4.78 is 19.1. The van der Waals surface area contributed by atoms with Gasteiger partial charge in [-0.2, -0.15) is 0 Å². The maximum absolute atomic E-state index is 14.0. The lowest BCUT2D eigenvalue weighted by atomic mass is 9.85. The van der Waals surface area contributed by atoms with Gasteiger partial charge in [0.15, 0.2) is 0 Å². The number of halogens is 1. The first-order chi connectivity index (χ1) is 9.05. The zero-order valence-electron chi connectivity index (χ0n) is 12.6. The van der Waals surface area contributed by atoms with Crippen molar-refractivity contribution in [3.05, 3.63) is 29.6 Å². The van der Waals surface area contributed by atoms with Gasteiger partial charge in [0.2, 0.25) is 0 Å². The third-order valence-corrected chi connectivity index (χ3v) is 2.74. The molecule has 0 heterocycles. The van der Waals surface area contributed by atoms with E-state index in [-0.39, 0.29) is 6.61 Å². The summed E-state index contributed by atoms with van der Waals surface area (Å²) in [6.07, 6.45) is -0.633. The van der Waals surface area contributed by atoms with Crippen LogP contribution >= 0.6 is 0 Å². The zero-order chi connectivity index (χ0) is 15.6. The minimum Gasteiger partial charge on any atom is -0.444 e. The number of carbonyl (C=O) groups excluding carboxylic acids is 1. The summed E-state index contributed by atoms with van der Waals surface area (Å²) >= 11 is 0. The van der Waals surface area contributed by atoms with Crippen molar-refractivity contribution in [1.82, 2.24) is 0 Å². The number of hydrogen-bond acceptors (Lipinski definition) is 3. The lowest BCUT2D eigenvalue weighted by molar-refractivity contribution is 0.0636. The van der Waals surface area contributed by atoms with Crippen molar-refractivity contribution in [2.75, 3.05) is 11.9 Å². The zero-order valence-corrected chi connectivity index (χ0v) is 12.6. The highest BCUT2D eigenvalue weighted by molar-refractivity contribution is 5.84. The second kappa shape index (κ2) is 5.79. The Morgan fingerprint density at radius 3 is 2.35 bits per heavy atom. The molecule has 1 aromatic rings. The van der Waals surface area contributed by atoms with E-state index in [1.165, 1.54) is 6.07 Å². The molecule has 0 saturated heterocycles. The number of amides is 1. The van der Waals surface area contributed by atoms with Gasteiger partial charge in [-0.3, -0.25) is 5.32 Å². The van der Waals surface area contributed by atoms with Crippen LogP contribution in [0.2, 0.25) is 0 Å². The number of hydrogen-bond donors (Lipinski definition) is 2. The van der Waals surface area contributed by atoms with Crippen molar-refractivity contribution >= 4 is 11.8 Å². The van der Waals surface area contributed by atoms with E-state index in [2.05, 4.69) is 5.32 Å². The predicted octanol–water partition coefficient (Wildman–Crippen LogP) is 3.44. The SMILES string of the molecule is CC(C)(C)OC(=O)Nc1ccc(C(C)(C)CO)c(F)c1. The lowest BCUT2D eigenvalue weighted by Gasteiger charge is -2.23. The highest BCUT2D eigenvalue weighted by Crippen LogP contribution is 2.27. The number of benzene rings is 1. The normalized spacial score (nSPS) is 12.2. The van der Waals surface area contributed by atoms with Crippen molar-refractivity contribution in [3.63, 3.8) is 0 Å². The molecule has 1 rings (SSSR count). The van der Waals surface area contributed by atoms with E-state index in [0.29, 0.717) is 11.3 Å². The first-order valence-electron chi connectivity index (χ1n) is 6.46. The molecule has 0 bridgehead atoms. The summed E-state index contributed by atoms with van der Waals surface area (Å²) in [4.78, 5) is 11.6. The van der Waals surface area contributed by atoms with E-state index in [1.54, 1.807) is 46.8 Å². The summed E-state index contributed by atoms with van der Waals surface area (Å²) in [6.45, 7) is 8.57. The molecule has 4 nitrogen and oxygen atoms in total. The minimum absolute atomic E-state index is 0.164. The van der Waals surface area contributed by atoms with Crippen LogP contribution in [0, 0.1) is 5.82 Å². The quantitative estimate of drug-likeness (QED) is 0.893. The molecule has 0 atom stereocenters. The molecule has 0 fully saturated rings. The van der Waals surface area contributed by atoms with Gasteiger partial charge in [0.1, 0.15) is 11.4 Å². The Kier molecular flexibility index (Phi) is 4.76. The van der Waals surface area contributed by atoms with Gasteiger partial charge in [-0.05, 0) is 38.5 Å². The topological polar surface area (TPSA) is 58.6 Å². The highest BCUT2D eigenvalue weighted by atomic mass is 19.1. The molecule has 0 radical (unpaired) electrons. The van der Waals surface area contributed by atoms with Crippen molar-refractivity contribution in [2.45, 2.75) is 45.6 Å². The Hall–Kier alpha value is -1.62. The van der Waals surface area contributed by atoms with E-state index >= 15 is 0 Å². The summed E-state index contributed by atoms with van der Waals surface area (Å²) in [6, 6.07) is 4.36. The number of aliphatic hydroxyl groups excluding tert-OH is 1. The Balaban J connectivity index is 2.86. The van der Waals surface area contributed by atoms with Gasteiger partial charge in [-0.1, -0.05) is 19.9 Å². The molecule has 0 aromatic heterocycles. The largest absolute Gasteiger partial charge is 0.444 e. The van der Waals surface area contributed by atoms with E-state index in [4.69, 9.17) is 4.74 Å². The third-order valence-electron chi connectivity index (χ3n) is 2.74. The van der Waals surface area contributed by atoms with Crippen LogP contribution < -0.4 is 5.32 Å². The molecule has 20 heavy (non-hydrogen) atoms. The van der Waals surface area contributed by atoms with Crippen LogP contribution in [0.5, 0.6) is 0 Å². The average molecular weight is 283 g/mol. The van der Waals surface area contributed by atoms with E-state index < -0.39 is 22.9 Å². The van der Waals surface area contributed by atoms with Gasteiger partial charge < -0.3 is 9.84 Å². The van der Waals surface area contributed by atoms with Crippen LogP contribution in [-0.2, 0) is 10.2 Å². The first-order valence-corrected chi connectivity index (χ1v) is 6.46. The summed E-state index contributed by atoms with van der Waals surface area (Å²) in [7, 11) is 0. The molecule has 0 aliphatic rings. The smallest absolute Gasteiger partial charge is 0.412 e. The van der Waals surface area contributed by atoms with Crippen LogP contribution in [0.1, 0.15) is 40.2 Å². The fraction of sp³-hybridized carbons (Fsp3) is 0.533. The van der Waals surface area contributed by atoms with Gasteiger partial charge in [0, 0.05) is 11.1 Å². The first kappa shape index (κ1) is 16.4. The van der Waals surface area contributed by atoms with Crippen LogP contribution in [0.15, 0.2) is 18.2 Å². The molecule has 0 unspecified atom stereocenters. The van der Waals surface area contributed by atoms with Crippen molar-refractivity contribution in [3.8, 4) is 0 Å². The molecule has 0 aliphatic carbocycles. The molecule has 1 amide bonds. The molecule has 2 N–H and O–H groups in total. The van der Waals surface area contributed by atoms with Crippen molar-refractivity contribution < 1.29 is 19.0 Å². The Bertz CT molecular complexity index is 492. The second-order valence-corrected chi connectivity index (χ2v) is 6.36. The fourth-order valence-corrected chi connectivity index (χ4v) is 1.65. The fourth-order valence-electron chi connectivity index (χ4n) is 1.65. The summed E-state index contributed by atoms with van der Waals surface area (Å²) in [5, 5.41) is 11.7. The molecule has 5 heteroatoms. The van der Waals surface area contributed by atoms with Gasteiger partial charge in [-0.15, -0.1) is 0 Å². The van der Waals surface area contributed by atoms with Gasteiger partial charge >= 0.3 is 6.09 Å². The highest BCUT2D eigenvalue weighted by Gasteiger charge is 2.24. The van der Waals surface area contributed by atoms with E-state index in [0.717, 1.165) is 0 Å². The van der Waals surface area contributed by atoms with E-state index in [1.807, 2.05) is 0 Å². The standard InChI is InChI=1S/C15H22FNO3/c1-14(2,3)20-13(19)17-10-6-7-11(12(16)8-10)15(4,5)9-18/h6-8,18H,9H2,1-5H3,(H,17,19). The maximum Gasteiger partial charge on any atom is 0.412 e. The Morgan fingerprint density at radius 2 is 1.90 bits per heavy atom. The minimum atomic E-state index is -0.672. The Labute approximate surface area is 119 Å². The summed E-state index contributed by atoms with van der Waals surface area (Å²) in [5.74, 6) is -0.474. The maximum atomic E-state index is 14.0. The number of nitrogens with one attached hydrogen (secondary N) is 1. The molecular formula is C15H22FNO3.